The van der Waals surface area contributed by atoms with Crippen LogP contribution in [0.2, 0.25) is 0 Å². The molecule has 0 radical (unpaired) electrons. The number of carboxylic acids is 2. The summed E-state index contributed by atoms with van der Waals surface area (Å²) in [6.07, 6.45) is 2.81. The van der Waals surface area contributed by atoms with Gasteiger partial charge in [-0.15, -0.1) is 0 Å². The molecule has 8 N–H and O–H groups in total. The number of carbonyl (C=O) groups excluding carboxylic acids is 1. The Morgan fingerprint density at radius 1 is 1.05 bits per heavy atom. The number of aliphatic carboxylic acids is 2. The molecule has 13 heteroatoms. The van der Waals surface area contributed by atoms with Gasteiger partial charge in [0.2, 0.25) is 0 Å². The average molecular weight is 525 g/mol. The van der Waals surface area contributed by atoms with E-state index in [-0.39, 0.29) is 12.3 Å². The molecule has 0 aromatic heterocycles. The Labute approximate surface area is 215 Å². The molecule has 0 amide bonds. The van der Waals surface area contributed by atoms with Gasteiger partial charge in [0.05, 0.1) is 12.0 Å². The molecule has 0 heterocycles. The molecule has 0 fully saturated rings. The Kier molecular flexibility index (Phi) is 21.5. The fraction of sp³-hybridized carbons (Fsp3) is 0.375. The van der Waals surface area contributed by atoms with Gasteiger partial charge in [0.1, 0.15) is 24.7 Å². The standard InChI is InChI=1S/C8H11NO.C7H5NO3.C6H14N2O2.C3H6O3/c1-10-8-5-3-2-4-7(8)6-9;9-5-6-1-3-7(4-2-6)8(10)11;7-4-2-1-3-5(8)6(9)10;1-6-2-3(4)5/h2-5H,6,9H2,1H3;1-5H;5H,1-4,7-8H2,(H,9,10);2H2,1H3,(H,4,5)/t;;5-;/m..0./s1. The number of nitro groups is 1. The summed E-state index contributed by atoms with van der Waals surface area (Å²) in [7, 11) is 2.99. The molecule has 0 unspecified atom stereocenters. The van der Waals surface area contributed by atoms with Crippen molar-refractivity contribution in [2.24, 2.45) is 17.2 Å². The third kappa shape index (κ3) is 19.0. The van der Waals surface area contributed by atoms with Gasteiger partial charge in [-0.05, 0) is 37.6 Å². The van der Waals surface area contributed by atoms with E-state index in [9.17, 15) is 24.5 Å². The van der Waals surface area contributed by atoms with Crippen molar-refractivity contribution in [3.8, 4) is 5.75 Å². The lowest BCUT2D eigenvalue weighted by Crippen LogP contribution is -2.29. The Morgan fingerprint density at radius 2 is 1.65 bits per heavy atom. The van der Waals surface area contributed by atoms with E-state index in [0.717, 1.165) is 24.2 Å². The number of hydrogen-bond acceptors (Lipinski definition) is 10. The molecule has 0 saturated heterocycles. The topological polar surface area (TPSA) is 231 Å². The predicted octanol–water partition coefficient (Wildman–Crippen LogP) is 1.81. The number of nitrogens with zero attached hydrogens (tertiary/aromatic N) is 1. The molecule has 37 heavy (non-hydrogen) atoms. The van der Waals surface area contributed by atoms with E-state index in [1.807, 2.05) is 24.3 Å². The second-order valence-electron chi connectivity index (χ2n) is 7.04. The number of para-hydroxylation sites is 1. The minimum absolute atomic E-state index is 0.00407. The molecule has 2 aromatic rings. The number of benzene rings is 2. The van der Waals surface area contributed by atoms with Gasteiger partial charge in [-0.3, -0.25) is 19.7 Å². The van der Waals surface area contributed by atoms with Crippen molar-refractivity contribution in [1.29, 1.82) is 0 Å². The molecule has 0 bridgehead atoms. The Hall–Kier alpha value is -3.91. The third-order valence-electron chi connectivity index (χ3n) is 4.21. The van der Waals surface area contributed by atoms with Gasteiger partial charge in [0.15, 0.2) is 0 Å². The molecule has 13 nitrogen and oxygen atoms in total. The number of non-ortho nitro benzene ring substituents is 1. The molecule has 0 spiro atoms. The van der Waals surface area contributed by atoms with Crippen molar-refractivity contribution in [2.45, 2.75) is 31.8 Å². The van der Waals surface area contributed by atoms with Crippen LogP contribution in [0.4, 0.5) is 5.69 Å². The molecule has 0 aliphatic rings. The van der Waals surface area contributed by atoms with Crippen molar-refractivity contribution in [3.05, 3.63) is 69.8 Å². The first-order valence-electron chi connectivity index (χ1n) is 11.0. The Morgan fingerprint density at radius 3 is 2.00 bits per heavy atom. The Bertz CT molecular complexity index is 902. The van der Waals surface area contributed by atoms with E-state index in [0.29, 0.717) is 31.4 Å². The van der Waals surface area contributed by atoms with Gasteiger partial charge in [-0.2, -0.15) is 0 Å². The number of carboxylic acid groups (broad SMARTS) is 2. The van der Waals surface area contributed by atoms with Gasteiger partial charge in [0, 0.05) is 36.9 Å². The highest BCUT2D eigenvalue weighted by molar-refractivity contribution is 5.75. The summed E-state index contributed by atoms with van der Waals surface area (Å²) in [5.74, 6) is -1.00. The van der Waals surface area contributed by atoms with Gasteiger partial charge >= 0.3 is 11.9 Å². The minimum Gasteiger partial charge on any atom is -0.496 e. The van der Waals surface area contributed by atoms with E-state index in [1.54, 1.807) is 7.11 Å². The predicted molar refractivity (Wildman–Crippen MR) is 137 cm³/mol. The zero-order valence-corrected chi connectivity index (χ0v) is 20.9. The summed E-state index contributed by atoms with van der Waals surface area (Å²) in [4.78, 5) is 39.3. The molecule has 1 atom stereocenters. The normalized spacial score (nSPS) is 10.1. The van der Waals surface area contributed by atoms with Gasteiger partial charge in [-0.25, -0.2) is 4.79 Å². The monoisotopic (exact) mass is 524 g/mol. The number of carbonyl (C=O) groups is 3. The first-order chi connectivity index (χ1) is 17.6. The number of aldehydes is 1. The first-order valence-corrected chi connectivity index (χ1v) is 11.0. The minimum atomic E-state index is -0.933. The van der Waals surface area contributed by atoms with Crippen LogP contribution in [0.25, 0.3) is 0 Å². The first kappa shape index (κ1) is 35.3. The van der Waals surface area contributed by atoms with Crippen LogP contribution in [0.5, 0.6) is 5.75 Å². The van der Waals surface area contributed by atoms with E-state index < -0.39 is 22.9 Å². The molecule has 0 saturated carbocycles. The van der Waals surface area contributed by atoms with Crippen LogP contribution in [0.1, 0.15) is 35.2 Å². The summed E-state index contributed by atoms with van der Waals surface area (Å²) in [6, 6.07) is 12.4. The number of unbranched alkanes of at least 4 members (excludes halogenated alkanes) is 1. The zero-order chi connectivity index (χ0) is 28.6. The lowest BCUT2D eigenvalue weighted by atomic mass is 10.1. The largest absolute Gasteiger partial charge is 0.496 e. The second kappa shape index (κ2) is 22.5. The van der Waals surface area contributed by atoms with Crippen molar-refractivity contribution in [1.82, 2.24) is 0 Å². The Balaban J connectivity index is 0. The van der Waals surface area contributed by atoms with Gasteiger partial charge < -0.3 is 36.9 Å². The van der Waals surface area contributed by atoms with Crippen LogP contribution in [0.3, 0.4) is 0 Å². The van der Waals surface area contributed by atoms with Crippen LogP contribution < -0.4 is 21.9 Å². The maximum Gasteiger partial charge on any atom is 0.329 e. The summed E-state index contributed by atoms with van der Waals surface area (Å²) < 4.78 is 9.26. The van der Waals surface area contributed by atoms with E-state index in [4.69, 9.17) is 32.2 Å². The van der Waals surface area contributed by atoms with Crippen LogP contribution in [-0.4, -0.2) is 66.8 Å². The molecular weight excluding hydrogens is 488 g/mol. The fourth-order valence-electron chi connectivity index (χ4n) is 2.30. The van der Waals surface area contributed by atoms with Crippen LogP contribution in [0.15, 0.2) is 48.5 Å². The summed E-state index contributed by atoms with van der Waals surface area (Å²) in [5, 5.41) is 26.2. The molecular formula is C24H36N4O9. The highest BCUT2D eigenvalue weighted by Gasteiger charge is 2.09. The average Bonchev–Trinajstić information content (AvgIpc) is 2.89. The molecule has 2 rings (SSSR count). The maximum absolute atomic E-state index is 10.1. The van der Waals surface area contributed by atoms with E-state index in [1.165, 1.54) is 31.4 Å². The number of hydrogen-bond donors (Lipinski definition) is 5. The highest BCUT2D eigenvalue weighted by Crippen LogP contribution is 2.15. The summed E-state index contributed by atoms with van der Waals surface area (Å²) in [5.41, 5.74) is 17.3. The van der Waals surface area contributed by atoms with Crippen molar-refractivity contribution in [3.63, 3.8) is 0 Å². The van der Waals surface area contributed by atoms with Crippen molar-refractivity contribution < 1.29 is 39.0 Å². The van der Waals surface area contributed by atoms with Gasteiger partial charge in [0.25, 0.3) is 5.69 Å². The summed E-state index contributed by atoms with van der Waals surface area (Å²) in [6.45, 7) is 0.927. The van der Waals surface area contributed by atoms with Crippen molar-refractivity contribution in [2.75, 3.05) is 27.4 Å². The van der Waals surface area contributed by atoms with Crippen LogP contribution in [-0.2, 0) is 20.9 Å². The quantitative estimate of drug-likeness (QED) is 0.122. The number of nitrogens with two attached hydrogens (primary N) is 3. The fourth-order valence-corrected chi connectivity index (χ4v) is 2.30. The summed E-state index contributed by atoms with van der Waals surface area (Å²) >= 11 is 0. The SMILES string of the molecule is COCC(=O)O.COc1ccccc1CN.NCCCC[C@H](N)C(=O)O.O=Cc1ccc([N+](=O)[O-])cc1. The smallest absolute Gasteiger partial charge is 0.329 e. The number of ether oxygens (including phenoxy) is 2. The molecule has 0 aliphatic heterocycles. The maximum atomic E-state index is 10.1. The third-order valence-corrected chi connectivity index (χ3v) is 4.21. The lowest BCUT2D eigenvalue weighted by Gasteiger charge is -2.03. The molecule has 206 valence electrons. The number of nitro benzene ring substituents is 1. The van der Waals surface area contributed by atoms with E-state index in [2.05, 4.69) is 4.74 Å². The molecule has 2 aromatic carbocycles. The van der Waals surface area contributed by atoms with Crippen LogP contribution >= 0.6 is 0 Å². The molecule has 0 aliphatic carbocycles. The zero-order valence-electron chi connectivity index (χ0n) is 20.9. The number of rotatable bonds is 11. The van der Waals surface area contributed by atoms with E-state index >= 15 is 0 Å². The highest BCUT2D eigenvalue weighted by atomic mass is 16.6. The van der Waals surface area contributed by atoms with Crippen molar-refractivity contribution >= 4 is 23.9 Å². The lowest BCUT2D eigenvalue weighted by molar-refractivity contribution is -0.384. The second-order valence-corrected chi connectivity index (χ2v) is 7.04. The van der Waals surface area contributed by atoms with Crippen LogP contribution in [0, 0.1) is 10.1 Å². The number of methoxy groups -OCH3 is 2. The van der Waals surface area contributed by atoms with Gasteiger partial charge in [-0.1, -0.05) is 24.6 Å².